The maximum atomic E-state index is 11.7. The van der Waals surface area contributed by atoms with Crippen molar-refractivity contribution in [1.29, 1.82) is 0 Å². The van der Waals surface area contributed by atoms with Crippen molar-refractivity contribution in [3.05, 3.63) is 23.8 Å². The Balaban J connectivity index is 2.66. The quantitative estimate of drug-likeness (QED) is 0.717. The zero-order valence-corrected chi connectivity index (χ0v) is 12.8. The molecule has 0 aliphatic rings. The highest BCUT2D eigenvalue weighted by Gasteiger charge is 2.10. The summed E-state index contributed by atoms with van der Waals surface area (Å²) in [5.41, 5.74) is 2.01. The summed E-state index contributed by atoms with van der Waals surface area (Å²) < 4.78 is 0. The maximum Gasteiger partial charge on any atom is 0.313 e. The number of carboxylic acids is 1. The summed E-state index contributed by atoms with van der Waals surface area (Å²) in [6.07, 6.45) is 0.377. The minimum absolute atomic E-state index is 0.0668. The van der Waals surface area contributed by atoms with Gasteiger partial charge in [0.25, 0.3) is 0 Å². The van der Waals surface area contributed by atoms with E-state index in [2.05, 4.69) is 10.6 Å². The predicted molar refractivity (Wildman–Crippen MR) is 83.7 cm³/mol. The molecule has 0 heterocycles. The fraction of sp³-hybridized carbons (Fsp3) is 0.357. The van der Waals surface area contributed by atoms with Gasteiger partial charge in [0.2, 0.25) is 11.8 Å². The molecule has 0 unspecified atom stereocenters. The molecule has 114 valence electrons. The number of hydrogen-bond donors (Lipinski definition) is 3. The van der Waals surface area contributed by atoms with Gasteiger partial charge in [-0.2, -0.15) is 0 Å². The molecule has 0 atom stereocenters. The van der Waals surface area contributed by atoms with Gasteiger partial charge in [-0.25, -0.2) is 0 Å². The molecule has 0 spiro atoms. The van der Waals surface area contributed by atoms with Crippen molar-refractivity contribution in [3.63, 3.8) is 0 Å². The Morgan fingerprint density at radius 1 is 1.10 bits per heavy atom. The van der Waals surface area contributed by atoms with Crippen molar-refractivity contribution in [1.82, 2.24) is 0 Å². The zero-order valence-electron chi connectivity index (χ0n) is 11.9. The van der Waals surface area contributed by atoms with E-state index in [4.69, 9.17) is 5.11 Å². The monoisotopic (exact) mass is 310 g/mol. The highest BCUT2D eigenvalue weighted by molar-refractivity contribution is 8.00. The topological polar surface area (TPSA) is 95.5 Å². The maximum absolute atomic E-state index is 11.7. The second-order valence-electron chi connectivity index (χ2n) is 4.31. The van der Waals surface area contributed by atoms with Crippen LogP contribution in [0.1, 0.15) is 18.9 Å². The molecule has 1 aromatic rings. The zero-order chi connectivity index (χ0) is 15.8. The highest BCUT2D eigenvalue weighted by Crippen LogP contribution is 2.23. The number of carbonyl (C=O) groups excluding carboxylic acids is 2. The van der Waals surface area contributed by atoms with Gasteiger partial charge in [0.05, 0.1) is 11.5 Å². The largest absolute Gasteiger partial charge is 0.481 e. The van der Waals surface area contributed by atoms with Gasteiger partial charge < -0.3 is 15.7 Å². The summed E-state index contributed by atoms with van der Waals surface area (Å²) in [5.74, 6) is -1.37. The molecule has 1 aromatic carbocycles. The van der Waals surface area contributed by atoms with E-state index in [0.29, 0.717) is 17.8 Å². The Kier molecular flexibility index (Phi) is 6.74. The average Bonchev–Trinajstić information content (AvgIpc) is 2.42. The van der Waals surface area contributed by atoms with Crippen molar-refractivity contribution in [3.8, 4) is 0 Å². The number of hydrogen-bond acceptors (Lipinski definition) is 4. The van der Waals surface area contributed by atoms with Crippen LogP contribution in [0.25, 0.3) is 0 Å². The van der Waals surface area contributed by atoms with E-state index in [1.165, 1.54) is 0 Å². The lowest BCUT2D eigenvalue weighted by atomic mass is 10.1. The molecule has 0 saturated heterocycles. The molecule has 7 heteroatoms. The third kappa shape index (κ3) is 5.86. The first kappa shape index (κ1) is 17.0. The third-order valence-corrected chi connectivity index (χ3v) is 3.58. The minimum Gasteiger partial charge on any atom is -0.481 e. The van der Waals surface area contributed by atoms with E-state index in [9.17, 15) is 14.4 Å². The van der Waals surface area contributed by atoms with Gasteiger partial charge in [0.1, 0.15) is 0 Å². The van der Waals surface area contributed by atoms with E-state index in [-0.39, 0.29) is 23.3 Å². The Morgan fingerprint density at radius 2 is 1.67 bits per heavy atom. The molecule has 0 radical (unpaired) electrons. The van der Waals surface area contributed by atoms with Crippen molar-refractivity contribution in [2.45, 2.75) is 20.3 Å². The number of amides is 2. The lowest BCUT2D eigenvalue weighted by Crippen LogP contribution is -2.17. The standard InChI is InChI=1S/C14H18N2O4S/c1-3-12(17)15-10-5-4-6-11(9(10)2)16-13(18)7-21-8-14(19)20/h4-6H,3,7-8H2,1-2H3,(H,15,17)(H,16,18)(H,19,20). The van der Waals surface area contributed by atoms with Gasteiger partial charge in [-0.1, -0.05) is 13.0 Å². The van der Waals surface area contributed by atoms with Crippen LogP contribution in [0.15, 0.2) is 18.2 Å². The fourth-order valence-corrected chi connectivity index (χ4v) is 2.10. The lowest BCUT2D eigenvalue weighted by molar-refractivity contribution is -0.133. The first-order valence-electron chi connectivity index (χ1n) is 6.43. The summed E-state index contributed by atoms with van der Waals surface area (Å²) in [5, 5.41) is 14.0. The molecule has 6 nitrogen and oxygen atoms in total. The van der Waals surface area contributed by atoms with E-state index >= 15 is 0 Å². The second kappa shape index (κ2) is 8.31. The van der Waals surface area contributed by atoms with Crippen LogP contribution >= 0.6 is 11.8 Å². The first-order chi connectivity index (χ1) is 9.93. The van der Waals surface area contributed by atoms with Gasteiger partial charge in [-0.3, -0.25) is 14.4 Å². The molecular weight excluding hydrogens is 292 g/mol. The van der Waals surface area contributed by atoms with Crippen molar-refractivity contribution in [2.75, 3.05) is 22.1 Å². The van der Waals surface area contributed by atoms with E-state index in [0.717, 1.165) is 17.3 Å². The molecule has 1 rings (SSSR count). The fourth-order valence-electron chi connectivity index (χ4n) is 1.56. The molecule has 21 heavy (non-hydrogen) atoms. The van der Waals surface area contributed by atoms with Crippen LogP contribution in [0.3, 0.4) is 0 Å². The van der Waals surface area contributed by atoms with Gasteiger partial charge in [0.15, 0.2) is 0 Å². The number of anilines is 2. The molecular formula is C14H18N2O4S. The van der Waals surface area contributed by atoms with Gasteiger partial charge in [-0.15, -0.1) is 11.8 Å². The lowest BCUT2D eigenvalue weighted by Gasteiger charge is -2.13. The van der Waals surface area contributed by atoms with Gasteiger partial charge >= 0.3 is 5.97 Å². The predicted octanol–water partition coefficient (Wildman–Crippen LogP) is 2.10. The number of carboxylic acid groups (broad SMARTS) is 1. The SMILES string of the molecule is CCC(=O)Nc1cccc(NC(=O)CSCC(=O)O)c1C. The highest BCUT2D eigenvalue weighted by atomic mass is 32.2. The van der Waals surface area contributed by atoms with Crippen LogP contribution in [0.5, 0.6) is 0 Å². The summed E-state index contributed by atoms with van der Waals surface area (Å²) in [7, 11) is 0. The number of aliphatic carboxylic acids is 1. The smallest absolute Gasteiger partial charge is 0.313 e. The number of thioether (sulfide) groups is 1. The van der Waals surface area contributed by atoms with Crippen LogP contribution in [0.2, 0.25) is 0 Å². The normalized spacial score (nSPS) is 10.0. The van der Waals surface area contributed by atoms with Crippen molar-refractivity contribution in [2.24, 2.45) is 0 Å². The Bertz CT molecular complexity index is 546. The molecule has 2 amide bonds. The Labute approximate surface area is 127 Å². The molecule has 0 aliphatic carbocycles. The number of benzene rings is 1. The molecule has 0 aliphatic heterocycles. The van der Waals surface area contributed by atoms with E-state index in [1.54, 1.807) is 32.0 Å². The Morgan fingerprint density at radius 3 is 2.19 bits per heavy atom. The summed E-state index contributed by atoms with van der Waals surface area (Å²) in [4.78, 5) is 33.5. The van der Waals surface area contributed by atoms with Crippen LogP contribution < -0.4 is 10.6 Å². The summed E-state index contributed by atoms with van der Waals surface area (Å²) >= 11 is 1.03. The summed E-state index contributed by atoms with van der Waals surface area (Å²) in [6.45, 7) is 3.56. The van der Waals surface area contributed by atoms with Crippen molar-refractivity contribution >= 4 is 40.9 Å². The minimum atomic E-state index is -0.951. The van der Waals surface area contributed by atoms with Crippen LogP contribution in [-0.2, 0) is 14.4 Å². The van der Waals surface area contributed by atoms with Crippen LogP contribution in [0.4, 0.5) is 11.4 Å². The van der Waals surface area contributed by atoms with E-state index in [1.807, 2.05) is 0 Å². The van der Waals surface area contributed by atoms with Gasteiger partial charge in [-0.05, 0) is 24.6 Å². The van der Waals surface area contributed by atoms with Crippen LogP contribution in [-0.4, -0.2) is 34.4 Å². The molecule has 0 aromatic heterocycles. The van der Waals surface area contributed by atoms with Gasteiger partial charge in [0, 0.05) is 17.8 Å². The first-order valence-corrected chi connectivity index (χ1v) is 7.58. The molecule has 0 bridgehead atoms. The number of nitrogens with one attached hydrogen (secondary N) is 2. The van der Waals surface area contributed by atoms with Crippen LogP contribution in [0, 0.1) is 6.92 Å². The number of rotatable bonds is 7. The molecule has 0 fully saturated rings. The summed E-state index contributed by atoms with van der Waals surface area (Å²) in [6, 6.07) is 5.23. The molecule has 0 saturated carbocycles. The Hall–Kier alpha value is -2.02. The van der Waals surface area contributed by atoms with Crippen molar-refractivity contribution < 1.29 is 19.5 Å². The number of carbonyl (C=O) groups is 3. The third-order valence-electron chi connectivity index (χ3n) is 2.66. The van der Waals surface area contributed by atoms with E-state index < -0.39 is 5.97 Å². The average molecular weight is 310 g/mol. The molecule has 3 N–H and O–H groups in total. The second-order valence-corrected chi connectivity index (χ2v) is 5.30.